The van der Waals surface area contributed by atoms with Crippen molar-refractivity contribution in [2.75, 3.05) is 19.7 Å². The second-order valence-corrected chi connectivity index (χ2v) is 5.25. The Morgan fingerprint density at radius 1 is 1.50 bits per heavy atom. The molecule has 0 spiro atoms. The molecule has 0 aliphatic carbocycles. The summed E-state index contributed by atoms with van der Waals surface area (Å²) in [4.78, 5) is 14.4. The van der Waals surface area contributed by atoms with Crippen molar-refractivity contribution >= 4 is 23.2 Å². The van der Waals surface area contributed by atoms with Crippen LogP contribution in [0.15, 0.2) is 24.3 Å². The molecule has 1 unspecified atom stereocenters. The number of piperidine rings is 1. The Morgan fingerprint density at radius 3 is 2.95 bits per heavy atom. The van der Waals surface area contributed by atoms with Crippen LogP contribution < -0.4 is 0 Å². The van der Waals surface area contributed by atoms with Gasteiger partial charge in [0, 0.05) is 13.1 Å². The van der Waals surface area contributed by atoms with E-state index in [4.69, 9.17) is 17.0 Å². The van der Waals surface area contributed by atoms with Gasteiger partial charge in [-0.3, -0.25) is 4.79 Å². The number of carbonyl (C=O) groups excluding carboxylic acids is 1. The van der Waals surface area contributed by atoms with E-state index in [1.54, 1.807) is 18.2 Å². The molecule has 20 heavy (non-hydrogen) atoms. The number of nitrogens with zero attached hydrogens (tertiary/aromatic N) is 1. The van der Waals surface area contributed by atoms with Crippen molar-refractivity contribution in [2.24, 2.45) is 5.92 Å². The Morgan fingerprint density at radius 2 is 2.25 bits per heavy atom. The molecule has 1 heterocycles. The molecule has 0 aromatic heterocycles. The summed E-state index contributed by atoms with van der Waals surface area (Å²) >= 11 is 5.45. The third-order valence-corrected chi connectivity index (χ3v) is 3.94. The summed E-state index contributed by atoms with van der Waals surface area (Å²) in [5.41, 5.74) is 0.645. The first-order valence-electron chi connectivity index (χ1n) is 6.87. The fourth-order valence-corrected chi connectivity index (χ4v) is 2.78. The second-order valence-electron chi connectivity index (χ2n) is 4.86. The monoisotopic (exact) mass is 293 g/mol. The highest BCUT2D eigenvalue weighted by atomic mass is 32.1. The van der Waals surface area contributed by atoms with Gasteiger partial charge in [-0.25, -0.2) is 0 Å². The Balaban J connectivity index is 2.07. The zero-order valence-electron chi connectivity index (χ0n) is 11.5. The Labute approximate surface area is 124 Å². The number of phenols is 1. The first-order valence-corrected chi connectivity index (χ1v) is 7.28. The number of phenolic OH excluding ortho intramolecular Hbond substituents is 1. The van der Waals surface area contributed by atoms with Crippen LogP contribution in [0, 0.1) is 5.92 Å². The van der Waals surface area contributed by atoms with Gasteiger partial charge in [0.1, 0.15) is 10.7 Å². The van der Waals surface area contributed by atoms with E-state index in [2.05, 4.69) is 0 Å². The van der Waals surface area contributed by atoms with Crippen molar-refractivity contribution in [3.05, 3.63) is 29.8 Å². The largest absolute Gasteiger partial charge is 0.507 e. The van der Waals surface area contributed by atoms with Gasteiger partial charge in [-0.05, 0) is 31.9 Å². The van der Waals surface area contributed by atoms with E-state index in [1.807, 2.05) is 17.9 Å². The maximum atomic E-state index is 11.8. The van der Waals surface area contributed by atoms with Crippen molar-refractivity contribution in [2.45, 2.75) is 19.8 Å². The summed E-state index contributed by atoms with van der Waals surface area (Å²) in [6.07, 6.45) is 1.73. The fourth-order valence-electron chi connectivity index (χ4n) is 2.44. The fraction of sp³-hybridized carbons (Fsp3) is 0.467. The van der Waals surface area contributed by atoms with E-state index in [1.165, 1.54) is 0 Å². The molecule has 108 valence electrons. The van der Waals surface area contributed by atoms with Gasteiger partial charge >= 0.3 is 5.97 Å². The summed E-state index contributed by atoms with van der Waals surface area (Å²) in [6, 6.07) is 7.02. The van der Waals surface area contributed by atoms with E-state index in [0.717, 1.165) is 19.4 Å². The van der Waals surface area contributed by atoms with Crippen molar-refractivity contribution in [3.63, 3.8) is 0 Å². The molecule has 4 nitrogen and oxygen atoms in total. The third-order valence-electron chi connectivity index (χ3n) is 3.46. The molecular weight excluding hydrogens is 274 g/mol. The minimum atomic E-state index is -0.155. The molecule has 1 aliphatic heterocycles. The number of hydrogen-bond acceptors (Lipinski definition) is 4. The number of carbonyl (C=O) groups is 1. The lowest BCUT2D eigenvalue weighted by Crippen LogP contribution is -2.42. The van der Waals surface area contributed by atoms with Gasteiger partial charge < -0.3 is 14.7 Å². The average molecular weight is 293 g/mol. The number of aromatic hydroxyl groups is 1. The number of ether oxygens (including phenoxy) is 1. The lowest BCUT2D eigenvalue weighted by atomic mass is 9.97. The summed E-state index contributed by atoms with van der Waals surface area (Å²) < 4.78 is 5.08. The maximum absolute atomic E-state index is 11.8. The number of hydrogen-bond donors (Lipinski definition) is 1. The standard InChI is InChI=1S/C15H19NO3S/c1-2-19-15(18)11-6-5-9-16(10-11)14(20)12-7-3-4-8-13(12)17/h3-4,7-8,11,17H,2,5-6,9-10H2,1H3. The van der Waals surface area contributed by atoms with Gasteiger partial charge in [0.15, 0.2) is 0 Å². The molecule has 5 heteroatoms. The van der Waals surface area contributed by atoms with Gasteiger partial charge in [0.2, 0.25) is 0 Å². The molecule has 0 bridgehead atoms. The highest BCUT2D eigenvalue weighted by Crippen LogP contribution is 2.24. The number of benzene rings is 1. The second kappa shape index (κ2) is 6.70. The lowest BCUT2D eigenvalue weighted by Gasteiger charge is -2.33. The topological polar surface area (TPSA) is 49.8 Å². The lowest BCUT2D eigenvalue weighted by molar-refractivity contribution is -0.149. The molecule has 1 fully saturated rings. The average Bonchev–Trinajstić information content (AvgIpc) is 2.47. The number of likely N-dealkylation sites (tertiary alicyclic amines) is 1. The van der Waals surface area contributed by atoms with Crippen LogP contribution in [0.2, 0.25) is 0 Å². The summed E-state index contributed by atoms with van der Waals surface area (Å²) in [5, 5.41) is 9.87. The van der Waals surface area contributed by atoms with Crippen LogP contribution in [0.25, 0.3) is 0 Å². The van der Waals surface area contributed by atoms with Gasteiger partial charge in [-0.1, -0.05) is 24.4 Å². The molecule has 2 rings (SSSR count). The van der Waals surface area contributed by atoms with Crippen LogP contribution in [-0.2, 0) is 9.53 Å². The first-order chi connectivity index (χ1) is 9.63. The predicted molar refractivity (Wildman–Crippen MR) is 80.7 cm³/mol. The molecule has 0 saturated carbocycles. The predicted octanol–water partition coefficient (Wildman–Crippen LogP) is 2.34. The van der Waals surface area contributed by atoms with Gasteiger partial charge in [-0.2, -0.15) is 0 Å². The Bertz CT molecular complexity index is 504. The molecule has 1 aromatic rings. The molecule has 1 saturated heterocycles. The normalized spacial score (nSPS) is 18.6. The SMILES string of the molecule is CCOC(=O)C1CCCN(C(=S)c2ccccc2O)C1. The first kappa shape index (κ1) is 14.8. The van der Waals surface area contributed by atoms with Crippen molar-refractivity contribution in [1.29, 1.82) is 0 Å². The van der Waals surface area contributed by atoms with E-state index >= 15 is 0 Å². The summed E-state index contributed by atoms with van der Waals surface area (Å²) in [7, 11) is 0. The third kappa shape index (κ3) is 3.28. The quantitative estimate of drug-likeness (QED) is 0.685. The molecule has 1 aromatic carbocycles. The Hall–Kier alpha value is -1.62. The Kier molecular flexibility index (Phi) is 4.95. The highest BCUT2D eigenvalue weighted by molar-refractivity contribution is 7.80. The zero-order chi connectivity index (χ0) is 14.5. The van der Waals surface area contributed by atoms with E-state index in [9.17, 15) is 9.90 Å². The molecular formula is C15H19NO3S. The zero-order valence-corrected chi connectivity index (χ0v) is 12.4. The van der Waals surface area contributed by atoms with Crippen LogP contribution in [0.1, 0.15) is 25.3 Å². The minimum absolute atomic E-state index is 0.132. The van der Waals surface area contributed by atoms with Crippen LogP contribution in [0.4, 0.5) is 0 Å². The molecule has 1 atom stereocenters. The van der Waals surface area contributed by atoms with Crippen molar-refractivity contribution < 1.29 is 14.6 Å². The van der Waals surface area contributed by atoms with Crippen LogP contribution >= 0.6 is 12.2 Å². The van der Waals surface area contributed by atoms with E-state index < -0.39 is 0 Å². The maximum Gasteiger partial charge on any atom is 0.310 e. The smallest absolute Gasteiger partial charge is 0.310 e. The molecule has 0 amide bonds. The number of rotatable bonds is 3. The van der Waals surface area contributed by atoms with E-state index in [-0.39, 0.29) is 17.6 Å². The van der Waals surface area contributed by atoms with Gasteiger partial charge in [-0.15, -0.1) is 0 Å². The highest BCUT2D eigenvalue weighted by Gasteiger charge is 2.28. The molecule has 1 aliphatic rings. The molecule has 0 radical (unpaired) electrons. The minimum Gasteiger partial charge on any atom is -0.507 e. The molecule has 1 N–H and O–H groups in total. The number of para-hydroxylation sites is 1. The number of thiocarbonyl (C=S) groups is 1. The summed E-state index contributed by atoms with van der Waals surface area (Å²) in [5.74, 6) is -0.111. The van der Waals surface area contributed by atoms with Crippen molar-refractivity contribution in [3.8, 4) is 5.75 Å². The van der Waals surface area contributed by atoms with Crippen LogP contribution in [0.3, 0.4) is 0 Å². The van der Waals surface area contributed by atoms with Crippen LogP contribution in [0.5, 0.6) is 5.75 Å². The summed E-state index contributed by atoms with van der Waals surface area (Å²) in [6.45, 7) is 3.58. The van der Waals surface area contributed by atoms with Gasteiger partial charge in [0.05, 0.1) is 18.1 Å². The van der Waals surface area contributed by atoms with Crippen molar-refractivity contribution in [1.82, 2.24) is 4.90 Å². The van der Waals surface area contributed by atoms with Crippen LogP contribution in [-0.4, -0.2) is 40.7 Å². The van der Waals surface area contributed by atoms with Gasteiger partial charge in [0.25, 0.3) is 0 Å². The number of esters is 1. The van der Waals surface area contributed by atoms with E-state index in [0.29, 0.717) is 23.7 Å².